The average molecular weight is 244 g/mol. The molecule has 1 heterocycles. The molecular formula is C16H24N2. The van der Waals surface area contributed by atoms with E-state index >= 15 is 0 Å². The van der Waals surface area contributed by atoms with E-state index in [0.29, 0.717) is 6.04 Å². The van der Waals surface area contributed by atoms with Gasteiger partial charge in [-0.1, -0.05) is 24.3 Å². The summed E-state index contributed by atoms with van der Waals surface area (Å²) in [4.78, 5) is 2.70. The lowest BCUT2D eigenvalue weighted by Crippen LogP contribution is -2.33. The summed E-state index contributed by atoms with van der Waals surface area (Å²) in [6.07, 6.45) is 4.16. The minimum absolute atomic E-state index is 0.681. The molecule has 1 aliphatic heterocycles. The van der Waals surface area contributed by atoms with Gasteiger partial charge < -0.3 is 5.32 Å². The van der Waals surface area contributed by atoms with Crippen molar-refractivity contribution in [3.05, 3.63) is 35.4 Å². The Kier molecular flexibility index (Phi) is 3.40. The van der Waals surface area contributed by atoms with Crippen molar-refractivity contribution in [2.75, 3.05) is 6.54 Å². The van der Waals surface area contributed by atoms with Gasteiger partial charge in [-0.05, 0) is 44.2 Å². The molecule has 2 atom stereocenters. The number of aryl methyl sites for hydroxylation is 1. The molecule has 1 saturated heterocycles. The lowest BCUT2D eigenvalue weighted by atomic mass is 10.1. The van der Waals surface area contributed by atoms with Crippen LogP contribution in [0.15, 0.2) is 24.3 Å². The van der Waals surface area contributed by atoms with E-state index in [2.05, 4.69) is 48.3 Å². The summed E-state index contributed by atoms with van der Waals surface area (Å²) in [6, 6.07) is 11.0. The van der Waals surface area contributed by atoms with Crippen LogP contribution in [0.25, 0.3) is 0 Å². The zero-order valence-electron chi connectivity index (χ0n) is 11.5. The smallest absolute Gasteiger partial charge is 0.0213 e. The van der Waals surface area contributed by atoms with Crippen LogP contribution in [0.5, 0.6) is 0 Å². The van der Waals surface area contributed by atoms with Crippen molar-refractivity contribution in [2.24, 2.45) is 0 Å². The van der Waals surface area contributed by atoms with Gasteiger partial charge in [0.05, 0.1) is 0 Å². The molecule has 2 heteroatoms. The second-order valence-electron chi connectivity index (χ2n) is 6.02. The third kappa shape index (κ3) is 2.60. The van der Waals surface area contributed by atoms with Gasteiger partial charge in [0, 0.05) is 31.2 Å². The first-order valence-corrected chi connectivity index (χ1v) is 7.27. The van der Waals surface area contributed by atoms with E-state index < -0.39 is 0 Å². The molecule has 1 aromatic carbocycles. The highest BCUT2D eigenvalue weighted by atomic mass is 15.3. The molecule has 1 N–H and O–H groups in total. The molecule has 18 heavy (non-hydrogen) atoms. The predicted molar refractivity (Wildman–Crippen MR) is 75.6 cm³/mol. The topological polar surface area (TPSA) is 15.3 Å². The Morgan fingerprint density at radius 2 is 2.06 bits per heavy atom. The molecule has 0 bridgehead atoms. The van der Waals surface area contributed by atoms with Gasteiger partial charge in [-0.3, -0.25) is 4.90 Å². The Labute approximate surface area is 110 Å². The van der Waals surface area contributed by atoms with Gasteiger partial charge in [0.2, 0.25) is 0 Å². The van der Waals surface area contributed by atoms with Crippen LogP contribution >= 0.6 is 0 Å². The summed E-state index contributed by atoms with van der Waals surface area (Å²) >= 11 is 0. The van der Waals surface area contributed by atoms with Crippen LogP contribution < -0.4 is 5.32 Å². The zero-order valence-corrected chi connectivity index (χ0v) is 11.5. The summed E-state index contributed by atoms with van der Waals surface area (Å²) in [6.45, 7) is 6.85. The number of hydrogen-bond donors (Lipinski definition) is 1. The molecule has 98 valence electrons. The maximum Gasteiger partial charge on any atom is 0.0213 e. The van der Waals surface area contributed by atoms with Gasteiger partial charge in [-0.25, -0.2) is 0 Å². The van der Waals surface area contributed by atoms with Crippen molar-refractivity contribution in [2.45, 2.75) is 57.8 Å². The lowest BCUT2D eigenvalue weighted by Gasteiger charge is -2.19. The van der Waals surface area contributed by atoms with E-state index in [1.165, 1.54) is 36.9 Å². The van der Waals surface area contributed by atoms with E-state index in [-0.39, 0.29) is 0 Å². The van der Waals surface area contributed by atoms with Crippen LogP contribution in [0, 0.1) is 6.92 Å². The molecule has 0 amide bonds. The highest BCUT2D eigenvalue weighted by Gasteiger charge is 2.38. The van der Waals surface area contributed by atoms with Crippen LogP contribution in [0.3, 0.4) is 0 Å². The molecule has 2 aliphatic rings. The lowest BCUT2D eigenvalue weighted by molar-refractivity contribution is 0.255. The van der Waals surface area contributed by atoms with E-state index in [1.54, 1.807) is 0 Å². The maximum absolute atomic E-state index is 3.74. The maximum atomic E-state index is 3.74. The Morgan fingerprint density at radius 3 is 2.78 bits per heavy atom. The standard InChI is InChI=1S/C16H24N2/c1-12-5-3-4-6-14(12)10-17-15-9-13(2)18(11-15)16-7-8-16/h3-6,13,15-17H,7-11H2,1-2H3. The summed E-state index contributed by atoms with van der Waals surface area (Å²) in [5, 5.41) is 3.74. The fraction of sp³-hybridized carbons (Fsp3) is 0.625. The molecule has 2 unspecified atom stereocenters. The Balaban J connectivity index is 1.53. The van der Waals surface area contributed by atoms with E-state index in [0.717, 1.165) is 18.6 Å². The predicted octanol–water partition coefficient (Wildman–Crippen LogP) is 2.71. The van der Waals surface area contributed by atoms with Crippen molar-refractivity contribution < 1.29 is 0 Å². The number of nitrogens with zero attached hydrogens (tertiary/aromatic N) is 1. The fourth-order valence-corrected chi connectivity index (χ4v) is 3.18. The summed E-state index contributed by atoms with van der Waals surface area (Å²) in [5.41, 5.74) is 2.84. The van der Waals surface area contributed by atoms with Crippen LogP contribution in [0.2, 0.25) is 0 Å². The van der Waals surface area contributed by atoms with Gasteiger partial charge in [-0.2, -0.15) is 0 Å². The van der Waals surface area contributed by atoms with Gasteiger partial charge in [0.25, 0.3) is 0 Å². The Morgan fingerprint density at radius 1 is 1.28 bits per heavy atom. The van der Waals surface area contributed by atoms with E-state index in [4.69, 9.17) is 0 Å². The van der Waals surface area contributed by atoms with Crippen molar-refractivity contribution in [1.29, 1.82) is 0 Å². The van der Waals surface area contributed by atoms with E-state index in [1.807, 2.05) is 0 Å². The molecule has 2 nitrogen and oxygen atoms in total. The quantitative estimate of drug-likeness (QED) is 0.876. The van der Waals surface area contributed by atoms with Crippen molar-refractivity contribution in [1.82, 2.24) is 10.2 Å². The molecular weight excluding hydrogens is 220 g/mol. The number of nitrogens with one attached hydrogen (secondary N) is 1. The fourth-order valence-electron chi connectivity index (χ4n) is 3.18. The second-order valence-corrected chi connectivity index (χ2v) is 6.02. The number of benzene rings is 1. The molecule has 0 radical (unpaired) electrons. The van der Waals surface area contributed by atoms with Gasteiger partial charge in [-0.15, -0.1) is 0 Å². The summed E-state index contributed by atoms with van der Waals surface area (Å²) in [7, 11) is 0. The highest BCUT2D eigenvalue weighted by Crippen LogP contribution is 2.33. The second kappa shape index (κ2) is 5.02. The van der Waals surface area contributed by atoms with Crippen LogP contribution in [0.4, 0.5) is 0 Å². The third-order valence-corrected chi connectivity index (χ3v) is 4.48. The number of rotatable bonds is 4. The van der Waals surface area contributed by atoms with Gasteiger partial charge in [0.1, 0.15) is 0 Å². The molecule has 1 aliphatic carbocycles. The summed E-state index contributed by atoms with van der Waals surface area (Å²) < 4.78 is 0. The van der Waals surface area contributed by atoms with Gasteiger partial charge >= 0.3 is 0 Å². The van der Waals surface area contributed by atoms with Gasteiger partial charge in [0.15, 0.2) is 0 Å². The molecule has 0 spiro atoms. The average Bonchev–Trinajstić information content (AvgIpc) is 3.13. The van der Waals surface area contributed by atoms with Crippen molar-refractivity contribution >= 4 is 0 Å². The molecule has 3 rings (SSSR count). The molecule has 2 fully saturated rings. The number of likely N-dealkylation sites (tertiary alicyclic amines) is 1. The third-order valence-electron chi connectivity index (χ3n) is 4.48. The summed E-state index contributed by atoms with van der Waals surface area (Å²) in [5.74, 6) is 0. The van der Waals surface area contributed by atoms with Crippen LogP contribution in [-0.4, -0.2) is 29.6 Å². The normalized spacial score (nSPS) is 28.8. The van der Waals surface area contributed by atoms with Crippen molar-refractivity contribution in [3.8, 4) is 0 Å². The zero-order chi connectivity index (χ0) is 12.5. The largest absolute Gasteiger partial charge is 0.309 e. The monoisotopic (exact) mass is 244 g/mol. The molecule has 0 aromatic heterocycles. The first-order valence-electron chi connectivity index (χ1n) is 7.27. The SMILES string of the molecule is Cc1ccccc1CNC1CC(C)N(C2CC2)C1. The van der Waals surface area contributed by atoms with Crippen LogP contribution in [-0.2, 0) is 6.54 Å². The minimum Gasteiger partial charge on any atom is -0.309 e. The number of hydrogen-bond acceptors (Lipinski definition) is 2. The Bertz CT molecular complexity index is 411. The first-order chi connectivity index (χ1) is 8.74. The van der Waals surface area contributed by atoms with Crippen LogP contribution in [0.1, 0.15) is 37.3 Å². The van der Waals surface area contributed by atoms with E-state index in [9.17, 15) is 0 Å². The molecule has 1 saturated carbocycles. The first kappa shape index (κ1) is 12.2. The highest BCUT2D eigenvalue weighted by molar-refractivity contribution is 5.25. The molecule has 1 aromatic rings. The Hall–Kier alpha value is -0.860. The van der Waals surface area contributed by atoms with Crippen molar-refractivity contribution in [3.63, 3.8) is 0 Å². The minimum atomic E-state index is 0.681.